The molecule has 1 aromatic rings. The largest absolute Gasteiger partial charge is 0.484 e. The number of rotatable bonds is 3. The third-order valence-electron chi connectivity index (χ3n) is 3.16. The summed E-state index contributed by atoms with van der Waals surface area (Å²) in [6.07, 6.45) is 1.99. The molecule has 0 radical (unpaired) electrons. The summed E-state index contributed by atoms with van der Waals surface area (Å²) in [5, 5.41) is 0. The van der Waals surface area contributed by atoms with Gasteiger partial charge in [0.05, 0.1) is 0 Å². The van der Waals surface area contributed by atoms with E-state index in [-0.39, 0.29) is 18.6 Å². The second kappa shape index (κ2) is 5.87. The second-order valence-corrected chi connectivity index (χ2v) is 4.85. The average Bonchev–Trinajstić information content (AvgIpc) is 2.36. The van der Waals surface area contributed by atoms with Gasteiger partial charge < -0.3 is 15.4 Å². The summed E-state index contributed by atoms with van der Waals surface area (Å²) >= 11 is 0. The van der Waals surface area contributed by atoms with Crippen LogP contribution in [0.5, 0.6) is 5.75 Å². The first-order chi connectivity index (χ1) is 8.65. The minimum Gasteiger partial charge on any atom is -0.484 e. The van der Waals surface area contributed by atoms with Crippen molar-refractivity contribution in [2.45, 2.75) is 25.8 Å². The topological polar surface area (TPSA) is 55.6 Å². The smallest absolute Gasteiger partial charge is 0.260 e. The normalized spacial score (nSPS) is 19.7. The molecule has 0 aromatic heterocycles. The fraction of sp³-hybridized carbons (Fsp3) is 0.500. The van der Waals surface area contributed by atoms with Crippen LogP contribution in [0.2, 0.25) is 0 Å². The monoisotopic (exact) mass is 248 g/mol. The lowest BCUT2D eigenvalue weighted by Crippen LogP contribution is -2.47. The Kier molecular flexibility index (Phi) is 4.20. The molecule has 2 rings (SSSR count). The third-order valence-corrected chi connectivity index (χ3v) is 3.16. The van der Waals surface area contributed by atoms with Gasteiger partial charge in [0.1, 0.15) is 5.75 Å². The standard InChI is InChI=1S/C14H20N2O2/c1-11-4-2-6-13(8-11)18-10-14(17)16-7-3-5-12(15)9-16/h2,4,6,8,12H,3,5,7,9-10,15H2,1H3. The van der Waals surface area contributed by atoms with Crippen molar-refractivity contribution in [3.8, 4) is 5.75 Å². The van der Waals surface area contributed by atoms with Crippen LogP contribution in [-0.2, 0) is 4.79 Å². The predicted molar refractivity (Wildman–Crippen MR) is 70.5 cm³/mol. The van der Waals surface area contributed by atoms with Crippen LogP contribution >= 0.6 is 0 Å². The fourth-order valence-electron chi connectivity index (χ4n) is 2.18. The molecule has 4 nitrogen and oxygen atoms in total. The SMILES string of the molecule is Cc1cccc(OCC(=O)N2CCCC(N)C2)c1. The molecule has 1 aliphatic rings. The van der Waals surface area contributed by atoms with E-state index in [0.717, 1.165) is 30.7 Å². The van der Waals surface area contributed by atoms with E-state index in [1.807, 2.05) is 31.2 Å². The fourth-order valence-corrected chi connectivity index (χ4v) is 2.18. The first-order valence-electron chi connectivity index (χ1n) is 6.38. The molecular weight excluding hydrogens is 228 g/mol. The number of amides is 1. The van der Waals surface area contributed by atoms with Crippen LogP contribution in [0.1, 0.15) is 18.4 Å². The molecule has 1 unspecified atom stereocenters. The molecule has 1 amide bonds. The van der Waals surface area contributed by atoms with E-state index in [0.29, 0.717) is 6.54 Å². The van der Waals surface area contributed by atoms with Crippen LogP contribution < -0.4 is 10.5 Å². The Bertz CT molecular complexity index is 420. The summed E-state index contributed by atoms with van der Waals surface area (Å²) < 4.78 is 5.51. The highest BCUT2D eigenvalue weighted by atomic mass is 16.5. The van der Waals surface area contributed by atoms with Crippen molar-refractivity contribution >= 4 is 5.91 Å². The summed E-state index contributed by atoms with van der Waals surface area (Å²) in [5.74, 6) is 0.760. The molecule has 0 aliphatic carbocycles. The molecular formula is C14H20N2O2. The van der Waals surface area contributed by atoms with Crippen molar-refractivity contribution in [2.75, 3.05) is 19.7 Å². The molecule has 1 aromatic carbocycles. The molecule has 0 spiro atoms. The molecule has 2 N–H and O–H groups in total. The lowest BCUT2D eigenvalue weighted by molar-refractivity contribution is -0.134. The number of aryl methyl sites for hydroxylation is 1. The highest BCUT2D eigenvalue weighted by Gasteiger charge is 2.21. The van der Waals surface area contributed by atoms with Crippen molar-refractivity contribution in [1.82, 2.24) is 4.90 Å². The van der Waals surface area contributed by atoms with Gasteiger partial charge in [-0.2, -0.15) is 0 Å². The van der Waals surface area contributed by atoms with E-state index >= 15 is 0 Å². The van der Waals surface area contributed by atoms with Crippen molar-refractivity contribution in [1.29, 1.82) is 0 Å². The van der Waals surface area contributed by atoms with Gasteiger partial charge in [-0.3, -0.25) is 4.79 Å². The van der Waals surface area contributed by atoms with Crippen LogP contribution in [0.3, 0.4) is 0 Å². The lowest BCUT2D eigenvalue weighted by Gasteiger charge is -2.30. The Labute approximate surface area is 108 Å². The number of piperidine rings is 1. The minimum absolute atomic E-state index is 0.0201. The van der Waals surface area contributed by atoms with E-state index in [9.17, 15) is 4.79 Å². The first kappa shape index (κ1) is 12.9. The van der Waals surface area contributed by atoms with E-state index in [2.05, 4.69) is 0 Å². The molecule has 0 bridgehead atoms. The zero-order valence-electron chi connectivity index (χ0n) is 10.8. The van der Waals surface area contributed by atoms with Crippen LogP contribution in [-0.4, -0.2) is 36.5 Å². The van der Waals surface area contributed by atoms with Crippen molar-refractivity contribution in [2.24, 2.45) is 5.73 Å². The number of hydrogen-bond donors (Lipinski definition) is 1. The van der Waals surface area contributed by atoms with E-state index in [1.54, 1.807) is 4.90 Å². The van der Waals surface area contributed by atoms with Gasteiger partial charge in [0.25, 0.3) is 5.91 Å². The summed E-state index contributed by atoms with van der Waals surface area (Å²) in [6, 6.07) is 7.82. The van der Waals surface area contributed by atoms with Gasteiger partial charge in [0, 0.05) is 19.1 Å². The summed E-state index contributed by atoms with van der Waals surface area (Å²) in [4.78, 5) is 13.7. The van der Waals surface area contributed by atoms with Gasteiger partial charge in [0.15, 0.2) is 6.61 Å². The van der Waals surface area contributed by atoms with E-state index in [4.69, 9.17) is 10.5 Å². The summed E-state index contributed by atoms with van der Waals surface area (Å²) in [7, 11) is 0. The van der Waals surface area contributed by atoms with Gasteiger partial charge in [-0.25, -0.2) is 0 Å². The Morgan fingerprint density at radius 2 is 2.39 bits per heavy atom. The number of nitrogens with zero attached hydrogens (tertiary/aromatic N) is 1. The second-order valence-electron chi connectivity index (χ2n) is 4.85. The molecule has 1 atom stereocenters. The minimum atomic E-state index is 0.0201. The van der Waals surface area contributed by atoms with Crippen molar-refractivity contribution < 1.29 is 9.53 Å². The van der Waals surface area contributed by atoms with Crippen LogP contribution in [0.25, 0.3) is 0 Å². The van der Waals surface area contributed by atoms with E-state index < -0.39 is 0 Å². The Hall–Kier alpha value is -1.55. The molecule has 1 saturated heterocycles. The number of hydrogen-bond acceptors (Lipinski definition) is 3. The average molecular weight is 248 g/mol. The van der Waals surface area contributed by atoms with Crippen LogP contribution in [0, 0.1) is 6.92 Å². The van der Waals surface area contributed by atoms with Gasteiger partial charge in [0.2, 0.25) is 0 Å². The maximum absolute atomic E-state index is 11.9. The lowest BCUT2D eigenvalue weighted by atomic mass is 10.1. The number of ether oxygens (including phenoxy) is 1. The van der Waals surface area contributed by atoms with Gasteiger partial charge in [-0.1, -0.05) is 12.1 Å². The van der Waals surface area contributed by atoms with Gasteiger partial charge in [-0.15, -0.1) is 0 Å². The number of carbonyl (C=O) groups is 1. The summed E-state index contributed by atoms with van der Waals surface area (Å²) in [6.45, 7) is 3.54. The molecule has 4 heteroatoms. The zero-order chi connectivity index (χ0) is 13.0. The van der Waals surface area contributed by atoms with Gasteiger partial charge in [-0.05, 0) is 37.5 Å². The maximum Gasteiger partial charge on any atom is 0.260 e. The molecule has 98 valence electrons. The highest BCUT2D eigenvalue weighted by molar-refractivity contribution is 5.77. The number of nitrogens with two attached hydrogens (primary N) is 1. The quantitative estimate of drug-likeness (QED) is 0.877. The van der Waals surface area contributed by atoms with E-state index in [1.165, 1.54) is 0 Å². The zero-order valence-corrected chi connectivity index (χ0v) is 10.8. The van der Waals surface area contributed by atoms with Crippen LogP contribution in [0.15, 0.2) is 24.3 Å². The first-order valence-corrected chi connectivity index (χ1v) is 6.38. The Balaban J connectivity index is 1.84. The molecule has 1 fully saturated rings. The molecule has 18 heavy (non-hydrogen) atoms. The highest BCUT2D eigenvalue weighted by Crippen LogP contribution is 2.13. The van der Waals surface area contributed by atoms with Crippen LogP contribution in [0.4, 0.5) is 0 Å². The van der Waals surface area contributed by atoms with Gasteiger partial charge >= 0.3 is 0 Å². The predicted octanol–water partition coefficient (Wildman–Crippen LogP) is 1.32. The Morgan fingerprint density at radius 3 is 3.11 bits per heavy atom. The Morgan fingerprint density at radius 1 is 1.56 bits per heavy atom. The number of likely N-dealkylation sites (tertiary alicyclic amines) is 1. The maximum atomic E-state index is 11.9. The number of carbonyl (C=O) groups excluding carboxylic acids is 1. The third kappa shape index (κ3) is 3.47. The molecule has 1 heterocycles. The summed E-state index contributed by atoms with van der Waals surface area (Å²) in [5.41, 5.74) is 6.98. The number of benzene rings is 1. The molecule has 0 saturated carbocycles. The van der Waals surface area contributed by atoms with Crippen molar-refractivity contribution in [3.63, 3.8) is 0 Å². The van der Waals surface area contributed by atoms with Crippen molar-refractivity contribution in [3.05, 3.63) is 29.8 Å². The molecule has 1 aliphatic heterocycles.